The van der Waals surface area contributed by atoms with Crippen LogP contribution < -0.4 is 10.1 Å². The lowest BCUT2D eigenvalue weighted by atomic mass is 10.1. The van der Waals surface area contributed by atoms with Gasteiger partial charge in [0, 0.05) is 20.9 Å². The number of methoxy groups -OCH3 is 1. The minimum Gasteiger partial charge on any atom is -0.496 e. The van der Waals surface area contributed by atoms with Crippen molar-refractivity contribution in [3.05, 3.63) is 63.2 Å². The Morgan fingerprint density at radius 2 is 2.05 bits per heavy atom. The number of rotatable bonds is 4. The van der Waals surface area contributed by atoms with Gasteiger partial charge in [0.1, 0.15) is 5.75 Å². The number of anilines is 1. The molecule has 2 rings (SSSR count). The van der Waals surface area contributed by atoms with Gasteiger partial charge in [-0.05, 0) is 65.9 Å². The fourth-order valence-electron chi connectivity index (χ4n) is 1.90. The highest BCUT2D eigenvalue weighted by Crippen LogP contribution is 2.21. The van der Waals surface area contributed by atoms with Crippen molar-refractivity contribution in [3.8, 4) is 5.75 Å². The van der Waals surface area contributed by atoms with E-state index in [2.05, 4.69) is 27.9 Å². The third-order valence-electron chi connectivity index (χ3n) is 2.89. The lowest BCUT2D eigenvalue weighted by Crippen LogP contribution is -2.07. The number of ether oxygens (including phenoxy) is 1. The molecule has 1 amide bonds. The summed E-state index contributed by atoms with van der Waals surface area (Å²) in [5, 5.41) is 2.83. The Kier molecular flexibility index (Phi) is 5.38. The number of carbonyl (C=O) groups is 1. The molecule has 4 heteroatoms. The Hall–Kier alpha value is -1.82. The number of nitrogens with one attached hydrogen (secondary N) is 1. The summed E-state index contributed by atoms with van der Waals surface area (Å²) >= 11 is 2.21. The van der Waals surface area contributed by atoms with E-state index in [1.54, 1.807) is 13.2 Å². The van der Waals surface area contributed by atoms with Crippen LogP contribution in [0.25, 0.3) is 6.08 Å². The van der Waals surface area contributed by atoms with Gasteiger partial charge in [-0.25, -0.2) is 0 Å². The van der Waals surface area contributed by atoms with Crippen molar-refractivity contribution in [2.24, 2.45) is 0 Å². The van der Waals surface area contributed by atoms with Gasteiger partial charge < -0.3 is 10.1 Å². The summed E-state index contributed by atoms with van der Waals surface area (Å²) in [5.74, 6) is 0.583. The molecule has 108 valence electrons. The van der Waals surface area contributed by atoms with Gasteiger partial charge in [-0.3, -0.25) is 4.79 Å². The Morgan fingerprint density at radius 1 is 1.24 bits per heavy atom. The molecule has 0 heterocycles. The molecule has 3 nitrogen and oxygen atoms in total. The molecule has 1 N–H and O–H groups in total. The number of carbonyl (C=O) groups excluding carboxylic acids is 1. The molecule has 2 aromatic rings. The van der Waals surface area contributed by atoms with Gasteiger partial charge in [-0.2, -0.15) is 0 Å². The zero-order valence-corrected chi connectivity index (χ0v) is 14.0. The van der Waals surface area contributed by atoms with Gasteiger partial charge in [0.2, 0.25) is 5.91 Å². The van der Waals surface area contributed by atoms with E-state index in [1.807, 2.05) is 49.4 Å². The molecule has 0 aliphatic carbocycles. The first-order chi connectivity index (χ1) is 10.1. The van der Waals surface area contributed by atoms with E-state index in [1.165, 1.54) is 6.08 Å². The zero-order valence-electron chi connectivity index (χ0n) is 11.9. The lowest BCUT2D eigenvalue weighted by molar-refractivity contribution is -0.111. The van der Waals surface area contributed by atoms with Crippen LogP contribution in [0.15, 0.2) is 48.5 Å². The number of amides is 1. The molecule has 0 unspecified atom stereocenters. The minimum absolute atomic E-state index is 0.166. The van der Waals surface area contributed by atoms with Crippen LogP contribution in [0, 0.1) is 10.5 Å². The molecule has 2 aromatic carbocycles. The van der Waals surface area contributed by atoms with Crippen LogP contribution in [-0.2, 0) is 4.79 Å². The summed E-state index contributed by atoms with van der Waals surface area (Å²) < 4.78 is 6.36. The van der Waals surface area contributed by atoms with E-state index >= 15 is 0 Å². The molecule has 0 atom stereocenters. The Bertz CT molecular complexity index is 680. The van der Waals surface area contributed by atoms with Crippen molar-refractivity contribution in [2.45, 2.75) is 6.92 Å². The summed E-state index contributed by atoms with van der Waals surface area (Å²) in [4.78, 5) is 11.9. The van der Waals surface area contributed by atoms with Crippen LogP contribution in [0.2, 0.25) is 0 Å². The van der Waals surface area contributed by atoms with Gasteiger partial charge in [0.15, 0.2) is 0 Å². The molecular formula is C17H16INO2. The van der Waals surface area contributed by atoms with Gasteiger partial charge in [-0.1, -0.05) is 17.7 Å². The van der Waals surface area contributed by atoms with Gasteiger partial charge in [-0.15, -0.1) is 0 Å². The van der Waals surface area contributed by atoms with Crippen molar-refractivity contribution in [3.63, 3.8) is 0 Å². The summed E-state index contributed by atoms with van der Waals surface area (Å²) in [6.07, 6.45) is 3.27. The predicted molar refractivity (Wildman–Crippen MR) is 94.6 cm³/mol. The van der Waals surface area contributed by atoms with Crippen molar-refractivity contribution in [1.82, 2.24) is 0 Å². The highest BCUT2D eigenvalue weighted by Gasteiger charge is 2.02. The first-order valence-corrected chi connectivity index (χ1v) is 7.55. The largest absolute Gasteiger partial charge is 0.496 e. The predicted octanol–water partition coefficient (Wildman–Crippen LogP) is 4.26. The second-order valence-electron chi connectivity index (χ2n) is 4.58. The van der Waals surface area contributed by atoms with Crippen LogP contribution in [0.5, 0.6) is 5.75 Å². The van der Waals surface area contributed by atoms with Crippen LogP contribution in [-0.4, -0.2) is 13.0 Å². The molecule has 0 aliphatic rings. The first-order valence-electron chi connectivity index (χ1n) is 6.48. The molecule has 0 bridgehead atoms. The monoisotopic (exact) mass is 393 g/mol. The molecule has 0 saturated carbocycles. The van der Waals surface area contributed by atoms with Crippen LogP contribution >= 0.6 is 22.6 Å². The van der Waals surface area contributed by atoms with Crippen LogP contribution in [0.4, 0.5) is 5.69 Å². The number of hydrogen-bond donors (Lipinski definition) is 1. The Labute approximate surface area is 138 Å². The van der Waals surface area contributed by atoms with Crippen molar-refractivity contribution < 1.29 is 9.53 Å². The van der Waals surface area contributed by atoms with E-state index in [0.29, 0.717) is 0 Å². The van der Waals surface area contributed by atoms with Crippen molar-refractivity contribution in [2.75, 3.05) is 12.4 Å². The lowest BCUT2D eigenvalue weighted by Gasteiger charge is -2.06. The van der Waals surface area contributed by atoms with Gasteiger partial charge in [0.05, 0.1) is 7.11 Å². The molecular weight excluding hydrogens is 377 g/mol. The standard InChI is InChI=1S/C17H16INO2/c1-12-6-8-16(21-2)13(10-12)7-9-17(20)19-15-5-3-4-14(18)11-15/h3-11H,1-2H3,(H,19,20)/b9-7+. The SMILES string of the molecule is COc1ccc(C)cc1/C=C/C(=O)Nc1cccc(I)c1. The van der Waals surface area contributed by atoms with Crippen LogP contribution in [0.1, 0.15) is 11.1 Å². The van der Waals surface area contributed by atoms with Gasteiger partial charge >= 0.3 is 0 Å². The zero-order chi connectivity index (χ0) is 15.2. The minimum atomic E-state index is -0.166. The average Bonchev–Trinajstić information content (AvgIpc) is 2.45. The fraction of sp³-hybridized carbons (Fsp3) is 0.118. The highest BCUT2D eigenvalue weighted by atomic mass is 127. The number of aryl methyl sites for hydroxylation is 1. The summed E-state index contributed by atoms with van der Waals surface area (Å²) in [6.45, 7) is 2.00. The second kappa shape index (κ2) is 7.26. The quantitative estimate of drug-likeness (QED) is 0.623. The molecule has 0 fully saturated rings. The Balaban J connectivity index is 2.10. The molecule has 0 aromatic heterocycles. The first kappa shape index (κ1) is 15.6. The number of benzene rings is 2. The maximum atomic E-state index is 11.9. The van der Waals surface area contributed by atoms with E-state index in [4.69, 9.17) is 4.74 Å². The van der Waals surface area contributed by atoms with Crippen molar-refractivity contribution >= 4 is 40.3 Å². The van der Waals surface area contributed by atoms with E-state index in [-0.39, 0.29) is 5.91 Å². The average molecular weight is 393 g/mol. The molecule has 0 saturated heterocycles. The van der Waals surface area contributed by atoms with E-state index in [0.717, 1.165) is 26.1 Å². The third kappa shape index (κ3) is 4.60. The second-order valence-corrected chi connectivity index (χ2v) is 5.82. The summed E-state index contributed by atoms with van der Waals surface area (Å²) in [5.41, 5.74) is 2.79. The maximum absolute atomic E-state index is 11.9. The summed E-state index contributed by atoms with van der Waals surface area (Å²) in [7, 11) is 1.62. The molecule has 0 aliphatic heterocycles. The molecule has 0 spiro atoms. The fourth-order valence-corrected chi connectivity index (χ4v) is 2.44. The number of halogens is 1. The Morgan fingerprint density at radius 3 is 2.76 bits per heavy atom. The summed E-state index contributed by atoms with van der Waals surface area (Å²) in [6, 6.07) is 13.5. The maximum Gasteiger partial charge on any atom is 0.248 e. The molecule has 21 heavy (non-hydrogen) atoms. The highest BCUT2D eigenvalue weighted by molar-refractivity contribution is 14.1. The number of hydrogen-bond acceptors (Lipinski definition) is 2. The van der Waals surface area contributed by atoms with E-state index < -0.39 is 0 Å². The van der Waals surface area contributed by atoms with Crippen molar-refractivity contribution in [1.29, 1.82) is 0 Å². The topological polar surface area (TPSA) is 38.3 Å². The molecule has 0 radical (unpaired) electrons. The third-order valence-corrected chi connectivity index (χ3v) is 3.56. The van der Waals surface area contributed by atoms with Gasteiger partial charge in [0.25, 0.3) is 0 Å². The smallest absolute Gasteiger partial charge is 0.248 e. The van der Waals surface area contributed by atoms with E-state index in [9.17, 15) is 4.79 Å². The van der Waals surface area contributed by atoms with Crippen LogP contribution in [0.3, 0.4) is 0 Å². The normalized spacial score (nSPS) is 10.6.